The Balaban J connectivity index is 2.68. The highest BCUT2D eigenvalue weighted by atomic mass is 35.5. The van der Waals surface area contributed by atoms with Crippen molar-refractivity contribution < 1.29 is 19.4 Å². The molecule has 0 aliphatic carbocycles. The molecule has 114 valence electrons. The van der Waals surface area contributed by atoms with Crippen LogP contribution in [0.3, 0.4) is 0 Å². The summed E-state index contributed by atoms with van der Waals surface area (Å²) in [6.07, 6.45) is 1.51. The zero-order valence-corrected chi connectivity index (χ0v) is 12.5. The molecule has 0 bridgehead atoms. The minimum atomic E-state index is -1.15. The number of hydrogen-bond acceptors (Lipinski definition) is 3. The summed E-state index contributed by atoms with van der Waals surface area (Å²) in [6, 6.07) is 5.79. The maximum atomic E-state index is 12.1. The molecule has 21 heavy (non-hydrogen) atoms. The van der Waals surface area contributed by atoms with Gasteiger partial charge in [-0.15, -0.1) is 6.58 Å². The van der Waals surface area contributed by atoms with Crippen LogP contribution in [-0.2, 0) is 14.3 Å². The molecule has 0 heterocycles. The maximum Gasteiger partial charge on any atom is 0.328 e. The minimum Gasteiger partial charge on any atom is -0.480 e. The summed E-state index contributed by atoms with van der Waals surface area (Å²) in [6.45, 7) is 5.26. The van der Waals surface area contributed by atoms with Crippen molar-refractivity contribution in [3.63, 3.8) is 0 Å². The van der Waals surface area contributed by atoms with E-state index in [2.05, 4.69) is 11.9 Å². The molecular formula is C15H18ClNO4. The highest BCUT2D eigenvalue weighted by Gasteiger charge is 2.24. The molecule has 2 N–H and O–H groups in total. The highest BCUT2D eigenvalue weighted by Crippen LogP contribution is 2.19. The van der Waals surface area contributed by atoms with Crippen molar-refractivity contribution >= 4 is 23.5 Å². The standard InChI is InChI=1S/C15H18ClNO4/c1-3-7-21-9-13(15(19)20)17-14(18)10(2)11-5-4-6-12(16)8-11/h3-6,8,10,13H,1,7,9H2,2H3,(H,17,18)(H,19,20). The van der Waals surface area contributed by atoms with Crippen LogP contribution in [0.25, 0.3) is 0 Å². The lowest BCUT2D eigenvalue weighted by Gasteiger charge is -2.18. The molecule has 0 saturated heterocycles. The molecule has 1 amide bonds. The second-order valence-electron chi connectivity index (χ2n) is 4.50. The van der Waals surface area contributed by atoms with Crippen LogP contribution in [-0.4, -0.2) is 36.2 Å². The zero-order valence-electron chi connectivity index (χ0n) is 11.7. The number of carbonyl (C=O) groups is 2. The van der Waals surface area contributed by atoms with E-state index < -0.39 is 23.8 Å². The molecule has 0 saturated carbocycles. The first-order valence-electron chi connectivity index (χ1n) is 6.43. The number of aliphatic carboxylic acids is 1. The van der Waals surface area contributed by atoms with Crippen LogP contribution < -0.4 is 5.32 Å². The third-order valence-electron chi connectivity index (χ3n) is 2.88. The molecule has 0 spiro atoms. The van der Waals surface area contributed by atoms with Gasteiger partial charge in [0.25, 0.3) is 0 Å². The molecule has 1 rings (SSSR count). The SMILES string of the molecule is C=CCOCC(NC(=O)C(C)c1cccc(Cl)c1)C(=O)O. The van der Waals surface area contributed by atoms with Crippen molar-refractivity contribution in [1.82, 2.24) is 5.32 Å². The van der Waals surface area contributed by atoms with Gasteiger partial charge in [-0.25, -0.2) is 4.79 Å². The molecule has 5 nitrogen and oxygen atoms in total. The third-order valence-corrected chi connectivity index (χ3v) is 3.11. The maximum absolute atomic E-state index is 12.1. The van der Waals surface area contributed by atoms with Crippen LogP contribution in [0.4, 0.5) is 0 Å². The van der Waals surface area contributed by atoms with E-state index in [4.69, 9.17) is 21.4 Å². The fraction of sp³-hybridized carbons (Fsp3) is 0.333. The average Bonchev–Trinajstić information content (AvgIpc) is 2.45. The van der Waals surface area contributed by atoms with Gasteiger partial charge in [0.05, 0.1) is 19.1 Å². The summed E-state index contributed by atoms with van der Waals surface area (Å²) in [4.78, 5) is 23.2. The Morgan fingerprint density at radius 2 is 2.24 bits per heavy atom. The zero-order chi connectivity index (χ0) is 15.8. The summed E-state index contributed by atoms with van der Waals surface area (Å²) in [5, 5.41) is 12.1. The quantitative estimate of drug-likeness (QED) is 0.570. The van der Waals surface area contributed by atoms with E-state index in [1.54, 1.807) is 31.2 Å². The van der Waals surface area contributed by atoms with Crippen LogP contribution in [0.1, 0.15) is 18.4 Å². The number of carbonyl (C=O) groups excluding carboxylic acids is 1. The molecule has 0 fully saturated rings. The number of carboxylic acids is 1. The first-order valence-corrected chi connectivity index (χ1v) is 6.80. The van der Waals surface area contributed by atoms with Gasteiger partial charge < -0.3 is 15.2 Å². The number of carboxylic acid groups (broad SMARTS) is 1. The summed E-state index contributed by atoms with van der Waals surface area (Å²) in [5.41, 5.74) is 0.719. The van der Waals surface area contributed by atoms with Crippen LogP contribution in [0.5, 0.6) is 0 Å². The Labute approximate surface area is 128 Å². The highest BCUT2D eigenvalue weighted by molar-refractivity contribution is 6.30. The van der Waals surface area contributed by atoms with Gasteiger partial charge in [0.1, 0.15) is 0 Å². The lowest BCUT2D eigenvalue weighted by molar-refractivity contribution is -0.143. The Morgan fingerprint density at radius 1 is 1.52 bits per heavy atom. The first-order chi connectivity index (χ1) is 9.95. The molecule has 2 atom stereocenters. The number of halogens is 1. The van der Waals surface area contributed by atoms with Crippen LogP contribution in [0.15, 0.2) is 36.9 Å². The van der Waals surface area contributed by atoms with Crippen molar-refractivity contribution in [2.24, 2.45) is 0 Å². The fourth-order valence-corrected chi connectivity index (χ4v) is 1.87. The second kappa shape index (κ2) is 8.44. The number of hydrogen-bond donors (Lipinski definition) is 2. The van der Waals surface area contributed by atoms with Gasteiger partial charge in [0, 0.05) is 5.02 Å². The van der Waals surface area contributed by atoms with Crippen LogP contribution in [0, 0.1) is 0 Å². The lowest BCUT2D eigenvalue weighted by Crippen LogP contribution is -2.45. The van der Waals surface area contributed by atoms with Gasteiger partial charge in [-0.1, -0.05) is 29.8 Å². The molecule has 0 aliphatic heterocycles. The minimum absolute atomic E-state index is 0.116. The second-order valence-corrected chi connectivity index (χ2v) is 4.94. The van der Waals surface area contributed by atoms with E-state index in [1.165, 1.54) is 6.08 Å². The van der Waals surface area contributed by atoms with Crippen molar-refractivity contribution in [1.29, 1.82) is 0 Å². The van der Waals surface area contributed by atoms with Gasteiger partial charge in [-0.05, 0) is 24.6 Å². The number of ether oxygens (including phenoxy) is 1. The van der Waals surface area contributed by atoms with E-state index in [0.717, 1.165) is 5.56 Å². The number of amides is 1. The Hall–Kier alpha value is -1.85. The van der Waals surface area contributed by atoms with Crippen molar-refractivity contribution in [2.75, 3.05) is 13.2 Å². The van der Waals surface area contributed by atoms with E-state index in [-0.39, 0.29) is 13.2 Å². The van der Waals surface area contributed by atoms with E-state index >= 15 is 0 Å². The summed E-state index contributed by atoms with van der Waals surface area (Å²) in [5.74, 6) is -2.05. The average molecular weight is 312 g/mol. The third kappa shape index (κ3) is 5.57. The van der Waals surface area contributed by atoms with Gasteiger partial charge in [-0.2, -0.15) is 0 Å². The van der Waals surface area contributed by atoms with Crippen molar-refractivity contribution in [2.45, 2.75) is 18.9 Å². The fourth-order valence-electron chi connectivity index (χ4n) is 1.67. The monoisotopic (exact) mass is 311 g/mol. The number of rotatable bonds is 8. The van der Waals surface area contributed by atoms with Gasteiger partial charge >= 0.3 is 5.97 Å². The first kappa shape index (κ1) is 17.2. The normalized spacial score (nSPS) is 13.2. The summed E-state index contributed by atoms with van der Waals surface area (Å²) in [7, 11) is 0. The van der Waals surface area contributed by atoms with Gasteiger partial charge in [-0.3, -0.25) is 4.79 Å². The largest absolute Gasteiger partial charge is 0.480 e. The molecule has 1 aromatic carbocycles. The Kier molecular flexibility index (Phi) is 6.91. The molecule has 0 aromatic heterocycles. The van der Waals surface area contributed by atoms with Crippen molar-refractivity contribution in [3.8, 4) is 0 Å². The molecular weight excluding hydrogens is 294 g/mol. The van der Waals surface area contributed by atoms with E-state index in [9.17, 15) is 9.59 Å². The van der Waals surface area contributed by atoms with Gasteiger partial charge in [0.2, 0.25) is 5.91 Å². The lowest BCUT2D eigenvalue weighted by atomic mass is 10.00. The summed E-state index contributed by atoms with van der Waals surface area (Å²) < 4.78 is 5.08. The van der Waals surface area contributed by atoms with E-state index in [1.807, 2.05) is 0 Å². The smallest absolute Gasteiger partial charge is 0.328 e. The molecule has 6 heteroatoms. The predicted octanol–water partition coefficient (Wildman–Crippen LogP) is 2.22. The van der Waals surface area contributed by atoms with Crippen molar-refractivity contribution in [3.05, 3.63) is 47.5 Å². The van der Waals surface area contributed by atoms with Gasteiger partial charge in [0.15, 0.2) is 6.04 Å². The topological polar surface area (TPSA) is 75.6 Å². The van der Waals surface area contributed by atoms with Crippen LogP contribution >= 0.6 is 11.6 Å². The van der Waals surface area contributed by atoms with Crippen LogP contribution in [0.2, 0.25) is 5.02 Å². The van der Waals surface area contributed by atoms with E-state index in [0.29, 0.717) is 5.02 Å². The predicted molar refractivity (Wildman–Crippen MR) is 80.4 cm³/mol. The molecule has 1 aromatic rings. The molecule has 0 aliphatic rings. The molecule has 0 radical (unpaired) electrons. The number of nitrogens with one attached hydrogen (secondary N) is 1. The molecule has 2 unspecified atom stereocenters. The Bertz CT molecular complexity index is 518. The Morgan fingerprint density at radius 3 is 2.81 bits per heavy atom. The summed E-state index contributed by atoms with van der Waals surface area (Å²) >= 11 is 5.88. The number of benzene rings is 1.